The standard InChI is InChI=1S/C14H19F3O/c1-3-4-5-9-13(2,18)11-7-6-8-12(10-11)14(15,16)17/h6-8,10,18H,3-5,9H2,1-2H3. The zero-order valence-corrected chi connectivity index (χ0v) is 10.7. The fourth-order valence-electron chi connectivity index (χ4n) is 1.89. The first-order chi connectivity index (χ1) is 8.27. The lowest BCUT2D eigenvalue weighted by molar-refractivity contribution is -0.137. The normalized spacial score (nSPS) is 15.4. The molecule has 0 radical (unpaired) electrons. The Morgan fingerprint density at radius 3 is 2.28 bits per heavy atom. The van der Waals surface area contributed by atoms with Crippen molar-refractivity contribution in [1.29, 1.82) is 0 Å². The van der Waals surface area contributed by atoms with Gasteiger partial charge in [0.1, 0.15) is 0 Å². The van der Waals surface area contributed by atoms with Crippen molar-refractivity contribution in [3.05, 3.63) is 35.4 Å². The maximum Gasteiger partial charge on any atom is 0.416 e. The SMILES string of the molecule is CCCCCC(C)(O)c1cccc(C(F)(F)F)c1. The Morgan fingerprint density at radius 2 is 1.72 bits per heavy atom. The van der Waals surface area contributed by atoms with E-state index in [1.807, 2.05) is 6.92 Å². The fraction of sp³-hybridized carbons (Fsp3) is 0.571. The van der Waals surface area contributed by atoms with E-state index in [9.17, 15) is 18.3 Å². The molecule has 18 heavy (non-hydrogen) atoms. The van der Waals surface area contributed by atoms with Gasteiger partial charge in [-0.1, -0.05) is 38.3 Å². The molecule has 0 aliphatic rings. The number of aliphatic hydroxyl groups is 1. The van der Waals surface area contributed by atoms with E-state index in [1.54, 1.807) is 13.0 Å². The molecule has 1 N–H and O–H groups in total. The van der Waals surface area contributed by atoms with Gasteiger partial charge in [-0.15, -0.1) is 0 Å². The number of unbranched alkanes of at least 4 members (excludes halogenated alkanes) is 2. The van der Waals surface area contributed by atoms with Gasteiger partial charge in [0.25, 0.3) is 0 Å². The van der Waals surface area contributed by atoms with E-state index >= 15 is 0 Å². The first-order valence-electron chi connectivity index (χ1n) is 6.17. The van der Waals surface area contributed by atoms with Crippen LogP contribution in [0.3, 0.4) is 0 Å². The largest absolute Gasteiger partial charge is 0.416 e. The molecule has 1 aromatic rings. The summed E-state index contributed by atoms with van der Waals surface area (Å²) in [5.41, 5.74) is -1.58. The van der Waals surface area contributed by atoms with Gasteiger partial charge < -0.3 is 5.11 Å². The highest BCUT2D eigenvalue weighted by Crippen LogP contribution is 2.33. The molecule has 0 aliphatic carbocycles. The minimum absolute atomic E-state index is 0.327. The number of hydrogen-bond donors (Lipinski definition) is 1. The lowest BCUT2D eigenvalue weighted by Crippen LogP contribution is -2.21. The minimum Gasteiger partial charge on any atom is -0.385 e. The van der Waals surface area contributed by atoms with Crippen LogP contribution < -0.4 is 0 Å². The Labute approximate surface area is 106 Å². The van der Waals surface area contributed by atoms with Crippen LogP contribution in [0.4, 0.5) is 13.2 Å². The molecule has 1 unspecified atom stereocenters. The number of hydrogen-bond acceptors (Lipinski definition) is 1. The highest BCUT2D eigenvalue weighted by Gasteiger charge is 2.32. The molecule has 1 atom stereocenters. The van der Waals surface area contributed by atoms with Crippen molar-refractivity contribution in [3.63, 3.8) is 0 Å². The van der Waals surface area contributed by atoms with Gasteiger partial charge in [0.2, 0.25) is 0 Å². The third-order valence-corrected chi connectivity index (χ3v) is 3.08. The lowest BCUT2D eigenvalue weighted by Gasteiger charge is -2.24. The van der Waals surface area contributed by atoms with Crippen LogP contribution in [0.5, 0.6) is 0 Å². The second kappa shape index (κ2) is 5.74. The van der Waals surface area contributed by atoms with E-state index in [1.165, 1.54) is 6.07 Å². The monoisotopic (exact) mass is 260 g/mol. The predicted octanol–water partition coefficient (Wildman–Crippen LogP) is 4.49. The third-order valence-electron chi connectivity index (χ3n) is 3.08. The molecule has 4 heteroatoms. The van der Waals surface area contributed by atoms with Crippen LogP contribution in [-0.2, 0) is 11.8 Å². The van der Waals surface area contributed by atoms with Crippen molar-refractivity contribution in [2.75, 3.05) is 0 Å². The van der Waals surface area contributed by atoms with Crippen LogP contribution in [0.2, 0.25) is 0 Å². The maximum atomic E-state index is 12.6. The fourth-order valence-corrected chi connectivity index (χ4v) is 1.89. The molecule has 102 valence electrons. The average molecular weight is 260 g/mol. The number of halogens is 3. The van der Waals surface area contributed by atoms with E-state index in [4.69, 9.17) is 0 Å². The van der Waals surface area contributed by atoms with Gasteiger partial charge in [0, 0.05) is 0 Å². The second-order valence-electron chi connectivity index (χ2n) is 4.81. The molecule has 0 heterocycles. The van der Waals surface area contributed by atoms with Crippen molar-refractivity contribution in [2.45, 2.75) is 51.3 Å². The quantitative estimate of drug-likeness (QED) is 0.773. The smallest absolute Gasteiger partial charge is 0.385 e. The Balaban J connectivity index is 2.88. The van der Waals surface area contributed by atoms with Crippen molar-refractivity contribution >= 4 is 0 Å². The lowest BCUT2D eigenvalue weighted by atomic mass is 9.89. The van der Waals surface area contributed by atoms with E-state index in [0.29, 0.717) is 12.0 Å². The Bertz CT molecular complexity index is 383. The second-order valence-corrected chi connectivity index (χ2v) is 4.81. The minimum atomic E-state index is -4.37. The van der Waals surface area contributed by atoms with E-state index < -0.39 is 17.3 Å². The summed E-state index contributed by atoms with van der Waals surface area (Å²) < 4.78 is 37.7. The first kappa shape index (κ1) is 15.0. The van der Waals surface area contributed by atoms with Crippen LogP contribution in [0, 0.1) is 0 Å². The predicted molar refractivity (Wildman–Crippen MR) is 65.2 cm³/mol. The topological polar surface area (TPSA) is 20.2 Å². The molecule has 0 amide bonds. The molecule has 0 saturated carbocycles. The van der Waals surface area contributed by atoms with Crippen LogP contribution in [0.25, 0.3) is 0 Å². The van der Waals surface area contributed by atoms with Gasteiger partial charge in [-0.3, -0.25) is 0 Å². The van der Waals surface area contributed by atoms with Crippen LogP contribution in [-0.4, -0.2) is 5.11 Å². The van der Waals surface area contributed by atoms with Crippen LogP contribution >= 0.6 is 0 Å². The summed E-state index contributed by atoms with van der Waals surface area (Å²) in [5, 5.41) is 10.2. The summed E-state index contributed by atoms with van der Waals surface area (Å²) in [6.07, 6.45) is -1.11. The molecule has 0 bridgehead atoms. The summed E-state index contributed by atoms with van der Waals surface area (Å²) >= 11 is 0. The van der Waals surface area contributed by atoms with Gasteiger partial charge in [-0.25, -0.2) is 0 Å². The maximum absolute atomic E-state index is 12.6. The summed E-state index contributed by atoms with van der Waals surface area (Å²) in [6, 6.07) is 4.94. The highest BCUT2D eigenvalue weighted by molar-refractivity contribution is 5.29. The average Bonchev–Trinajstić information content (AvgIpc) is 2.28. The van der Waals surface area contributed by atoms with Crippen LogP contribution in [0.1, 0.15) is 50.7 Å². The van der Waals surface area contributed by atoms with E-state index in [2.05, 4.69) is 0 Å². The van der Waals surface area contributed by atoms with Crippen molar-refractivity contribution in [2.24, 2.45) is 0 Å². The van der Waals surface area contributed by atoms with E-state index in [0.717, 1.165) is 31.4 Å². The Kier molecular flexibility index (Phi) is 4.79. The molecular weight excluding hydrogens is 241 g/mol. The van der Waals surface area contributed by atoms with Gasteiger partial charge in [0.15, 0.2) is 0 Å². The van der Waals surface area contributed by atoms with E-state index in [-0.39, 0.29) is 0 Å². The molecule has 0 aromatic heterocycles. The molecule has 0 fully saturated rings. The molecule has 0 spiro atoms. The summed E-state index contributed by atoms with van der Waals surface area (Å²) in [5.74, 6) is 0. The summed E-state index contributed by atoms with van der Waals surface area (Å²) in [6.45, 7) is 3.61. The van der Waals surface area contributed by atoms with Crippen molar-refractivity contribution < 1.29 is 18.3 Å². The summed E-state index contributed by atoms with van der Waals surface area (Å²) in [4.78, 5) is 0. The highest BCUT2D eigenvalue weighted by atomic mass is 19.4. The molecule has 1 rings (SSSR count). The van der Waals surface area contributed by atoms with Crippen molar-refractivity contribution in [1.82, 2.24) is 0 Å². The van der Waals surface area contributed by atoms with Gasteiger partial charge in [-0.05, 0) is 31.0 Å². The first-order valence-corrected chi connectivity index (χ1v) is 6.17. The Morgan fingerprint density at radius 1 is 1.11 bits per heavy atom. The molecule has 1 nitrogen and oxygen atoms in total. The number of benzene rings is 1. The third kappa shape index (κ3) is 4.02. The molecule has 0 aliphatic heterocycles. The zero-order chi connectivity index (χ0) is 13.8. The van der Waals surface area contributed by atoms with Gasteiger partial charge in [-0.2, -0.15) is 13.2 Å². The van der Waals surface area contributed by atoms with Gasteiger partial charge in [0.05, 0.1) is 11.2 Å². The number of alkyl halides is 3. The zero-order valence-electron chi connectivity index (χ0n) is 10.7. The van der Waals surface area contributed by atoms with Crippen molar-refractivity contribution in [3.8, 4) is 0 Å². The summed E-state index contributed by atoms with van der Waals surface area (Å²) in [7, 11) is 0. The van der Waals surface area contributed by atoms with Crippen LogP contribution in [0.15, 0.2) is 24.3 Å². The van der Waals surface area contributed by atoms with Gasteiger partial charge >= 0.3 is 6.18 Å². The number of rotatable bonds is 5. The molecular formula is C14H19F3O. The molecule has 1 aromatic carbocycles. The molecule has 0 saturated heterocycles. The Hall–Kier alpha value is -1.03.